The molecule has 0 aromatic carbocycles. The molecule has 0 amide bonds. The van der Waals surface area contributed by atoms with Crippen LogP contribution in [-0.4, -0.2) is 43.7 Å². The van der Waals surface area contributed by atoms with E-state index in [1.54, 1.807) is 0 Å². The summed E-state index contributed by atoms with van der Waals surface area (Å²) in [5.41, 5.74) is 5.64. The van der Waals surface area contributed by atoms with Crippen LogP contribution in [0.15, 0.2) is 0 Å². The van der Waals surface area contributed by atoms with Gasteiger partial charge in [-0.3, -0.25) is 4.79 Å². The molecule has 0 saturated carbocycles. The van der Waals surface area contributed by atoms with Gasteiger partial charge in [0.2, 0.25) is 0 Å². The van der Waals surface area contributed by atoms with Gasteiger partial charge in [-0.25, -0.2) is 0 Å². The number of nitrogens with zero attached hydrogens (tertiary/aromatic N) is 1. The van der Waals surface area contributed by atoms with E-state index in [9.17, 15) is 4.79 Å². The van der Waals surface area contributed by atoms with E-state index in [2.05, 4.69) is 23.5 Å². The molecular formula is C10H20N2O2. The fourth-order valence-electron chi connectivity index (χ4n) is 1.68. The number of carbonyl (C=O) groups excluding carboxylic acids is 1. The van der Waals surface area contributed by atoms with Crippen LogP contribution in [0.25, 0.3) is 0 Å². The van der Waals surface area contributed by atoms with E-state index in [1.807, 2.05) is 0 Å². The standard InChI is InChI=1S/C10H20N2O2/c1-7(2)8-4-12(5-8)6-9(11)10(13)14-3/h7-9H,4-6,11H2,1-3H3. The normalized spacial score (nSPS) is 20.6. The monoisotopic (exact) mass is 200 g/mol. The minimum absolute atomic E-state index is 0.321. The Kier molecular flexibility index (Phi) is 3.89. The highest BCUT2D eigenvalue weighted by atomic mass is 16.5. The summed E-state index contributed by atoms with van der Waals surface area (Å²) in [6, 6.07) is -0.492. The minimum atomic E-state index is -0.492. The van der Waals surface area contributed by atoms with Crippen LogP contribution >= 0.6 is 0 Å². The molecule has 1 saturated heterocycles. The number of carbonyl (C=O) groups is 1. The third kappa shape index (κ3) is 2.69. The van der Waals surface area contributed by atoms with Crippen LogP contribution in [0.1, 0.15) is 13.8 Å². The second-order valence-electron chi connectivity index (χ2n) is 4.35. The Labute approximate surface area is 85.4 Å². The molecule has 1 aliphatic rings. The second kappa shape index (κ2) is 4.75. The molecule has 2 N–H and O–H groups in total. The lowest BCUT2D eigenvalue weighted by Crippen LogP contribution is -2.54. The topological polar surface area (TPSA) is 55.6 Å². The highest BCUT2D eigenvalue weighted by molar-refractivity contribution is 5.75. The molecule has 0 aliphatic carbocycles. The first-order chi connectivity index (χ1) is 6.54. The van der Waals surface area contributed by atoms with Crippen molar-refractivity contribution >= 4 is 5.97 Å². The van der Waals surface area contributed by atoms with E-state index < -0.39 is 6.04 Å². The predicted molar refractivity (Wildman–Crippen MR) is 54.8 cm³/mol. The van der Waals surface area contributed by atoms with Gasteiger partial charge < -0.3 is 15.4 Å². The molecular weight excluding hydrogens is 180 g/mol. The van der Waals surface area contributed by atoms with Crippen LogP contribution in [-0.2, 0) is 9.53 Å². The molecule has 1 rings (SSSR count). The molecule has 82 valence electrons. The molecule has 1 aliphatic heterocycles. The van der Waals surface area contributed by atoms with E-state index in [4.69, 9.17) is 5.73 Å². The number of nitrogens with two attached hydrogens (primary N) is 1. The zero-order chi connectivity index (χ0) is 10.7. The number of ether oxygens (including phenoxy) is 1. The third-order valence-corrected chi connectivity index (χ3v) is 2.89. The molecule has 0 bridgehead atoms. The summed E-state index contributed by atoms with van der Waals surface area (Å²) in [7, 11) is 1.37. The zero-order valence-corrected chi connectivity index (χ0v) is 9.19. The van der Waals surface area contributed by atoms with Crippen LogP contribution in [0, 0.1) is 11.8 Å². The zero-order valence-electron chi connectivity index (χ0n) is 9.19. The van der Waals surface area contributed by atoms with Crippen LogP contribution in [0.3, 0.4) is 0 Å². The van der Waals surface area contributed by atoms with Crippen molar-refractivity contribution in [3.63, 3.8) is 0 Å². The van der Waals surface area contributed by atoms with Gasteiger partial charge in [-0.15, -0.1) is 0 Å². The van der Waals surface area contributed by atoms with E-state index in [-0.39, 0.29) is 5.97 Å². The largest absolute Gasteiger partial charge is 0.468 e. The van der Waals surface area contributed by atoms with Gasteiger partial charge in [0.05, 0.1) is 7.11 Å². The molecule has 1 atom stereocenters. The summed E-state index contributed by atoms with van der Waals surface area (Å²) in [5.74, 6) is 1.17. The quantitative estimate of drug-likeness (QED) is 0.653. The van der Waals surface area contributed by atoms with E-state index in [1.165, 1.54) is 7.11 Å². The average Bonchev–Trinajstić information content (AvgIpc) is 2.07. The molecule has 1 unspecified atom stereocenters. The average molecular weight is 200 g/mol. The number of esters is 1. The maximum absolute atomic E-state index is 11.0. The fourth-order valence-corrected chi connectivity index (χ4v) is 1.68. The molecule has 4 heteroatoms. The van der Waals surface area contributed by atoms with Crippen molar-refractivity contribution in [3.05, 3.63) is 0 Å². The molecule has 0 spiro atoms. The van der Waals surface area contributed by atoms with Crippen molar-refractivity contribution in [1.82, 2.24) is 4.90 Å². The number of methoxy groups -OCH3 is 1. The summed E-state index contributed by atoms with van der Waals surface area (Å²) in [6.45, 7) is 7.19. The summed E-state index contributed by atoms with van der Waals surface area (Å²) in [5, 5.41) is 0. The van der Waals surface area contributed by atoms with Gasteiger partial charge in [0, 0.05) is 19.6 Å². The van der Waals surface area contributed by atoms with Crippen LogP contribution < -0.4 is 5.73 Å². The molecule has 4 nitrogen and oxygen atoms in total. The second-order valence-corrected chi connectivity index (χ2v) is 4.35. The first kappa shape index (κ1) is 11.5. The Balaban J connectivity index is 2.19. The molecule has 14 heavy (non-hydrogen) atoms. The Morgan fingerprint density at radius 2 is 2.14 bits per heavy atom. The summed E-state index contributed by atoms with van der Waals surface area (Å²) >= 11 is 0. The Bertz CT molecular complexity index is 200. The van der Waals surface area contributed by atoms with Gasteiger partial charge in [0.15, 0.2) is 0 Å². The Morgan fingerprint density at radius 1 is 1.57 bits per heavy atom. The molecule has 0 aromatic rings. The van der Waals surface area contributed by atoms with E-state index in [0.717, 1.165) is 24.9 Å². The summed E-state index contributed by atoms with van der Waals surface area (Å²) < 4.78 is 4.57. The highest BCUT2D eigenvalue weighted by Gasteiger charge is 2.31. The van der Waals surface area contributed by atoms with Crippen LogP contribution in [0.2, 0.25) is 0 Å². The minimum Gasteiger partial charge on any atom is -0.468 e. The first-order valence-corrected chi connectivity index (χ1v) is 5.10. The lowest BCUT2D eigenvalue weighted by Gasteiger charge is -2.42. The first-order valence-electron chi connectivity index (χ1n) is 5.10. The van der Waals surface area contributed by atoms with Gasteiger partial charge >= 0.3 is 5.97 Å². The van der Waals surface area contributed by atoms with Crippen molar-refractivity contribution in [2.24, 2.45) is 17.6 Å². The van der Waals surface area contributed by atoms with Gasteiger partial charge in [0.25, 0.3) is 0 Å². The van der Waals surface area contributed by atoms with Gasteiger partial charge in [-0.05, 0) is 11.8 Å². The maximum atomic E-state index is 11.0. The number of likely N-dealkylation sites (tertiary alicyclic amines) is 1. The maximum Gasteiger partial charge on any atom is 0.323 e. The fraction of sp³-hybridized carbons (Fsp3) is 0.900. The van der Waals surface area contributed by atoms with Crippen molar-refractivity contribution < 1.29 is 9.53 Å². The third-order valence-electron chi connectivity index (χ3n) is 2.89. The lowest BCUT2D eigenvalue weighted by atomic mass is 9.88. The van der Waals surface area contributed by atoms with E-state index >= 15 is 0 Å². The van der Waals surface area contributed by atoms with Gasteiger partial charge in [-0.2, -0.15) is 0 Å². The summed E-state index contributed by atoms with van der Waals surface area (Å²) in [4.78, 5) is 13.2. The van der Waals surface area contributed by atoms with E-state index in [0.29, 0.717) is 6.54 Å². The number of hydrogen-bond donors (Lipinski definition) is 1. The van der Waals surface area contributed by atoms with Crippen molar-refractivity contribution in [2.45, 2.75) is 19.9 Å². The van der Waals surface area contributed by atoms with Crippen LogP contribution in [0.4, 0.5) is 0 Å². The molecule has 0 aromatic heterocycles. The summed E-state index contributed by atoms with van der Waals surface area (Å²) in [6.07, 6.45) is 0. The highest BCUT2D eigenvalue weighted by Crippen LogP contribution is 2.22. The van der Waals surface area contributed by atoms with Crippen molar-refractivity contribution in [3.8, 4) is 0 Å². The predicted octanol–water partition coefficient (Wildman–Crippen LogP) is 0.0745. The Morgan fingerprint density at radius 3 is 2.57 bits per heavy atom. The molecule has 1 heterocycles. The lowest BCUT2D eigenvalue weighted by molar-refractivity contribution is -0.143. The van der Waals surface area contributed by atoms with Crippen molar-refractivity contribution in [1.29, 1.82) is 0 Å². The molecule has 1 fully saturated rings. The SMILES string of the molecule is COC(=O)C(N)CN1CC(C(C)C)C1. The van der Waals surface area contributed by atoms with Crippen LogP contribution in [0.5, 0.6) is 0 Å². The van der Waals surface area contributed by atoms with Crippen molar-refractivity contribution in [2.75, 3.05) is 26.7 Å². The number of rotatable bonds is 4. The van der Waals surface area contributed by atoms with Gasteiger partial charge in [0.1, 0.15) is 6.04 Å². The smallest absolute Gasteiger partial charge is 0.323 e. The molecule has 0 radical (unpaired) electrons. The van der Waals surface area contributed by atoms with Gasteiger partial charge in [-0.1, -0.05) is 13.8 Å². The Hall–Kier alpha value is -0.610. The number of hydrogen-bond acceptors (Lipinski definition) is 4.